The van der Waals surface area contributed by atoms with E-state index in [2.05, 4.69) is 0 Å². The van der Waals surface area contributed by atoms with Crippen molar-refractivity contribution in [2.24, 2.45) is 5.73 Å². The standard InChI is InChI=1S/C11H15ClN2O2/c1-7(15)8-3-4-10(9(12)5-8)14(2)6-11(13)16/h3-5,7,15H,6H2,1-2H3,(H2,13,16)/t7-/m1/s1. The molecule has 0 saturated carbocycles. The second-order valence-corrected chi connectivity index (χ2v) is 4.12. The van der Waals surface area contributed by atoms with Crippen LogP contribution in [0.4, 0.5) is 5.69 Å². The molecule has 0 fully saturated rings. The van der Waals surface area contributed by atoms with Crippen LogP contribution in [-0.2, 0) is 4.79 Å². The molecule has 0 aromatic heterocycles. The van der Waals surface area contributed by atoms with Crippen LogP contribution in [0.3, 0.4) is 0 Å². The second-order valence-electron chi connectivity index (χ2n) is 3.71. The molecule has 1 rings (SSSR count). The molecule has 0 unspecified atom stereocenters. The zero-order chi connectivity index (χ0) is 12.3. The first-order chi connectivity index (χ1) is 7.41. The Morgan fingerprint density at radius 1 is 1.62 bits per heavy atom. The molecule has 0 aliphatic rings. The van der Waals surface area contributed by atoms with Gasteiger partial charge in [0.25, 0.3) is 0 Å². The highest BCUT2D eigenvalue weighted by atomic mass is 35.5. The van der Waals surface area contributed by atoms with Gasteiger partial charge in [0.05, 0.1) is 23.4 Å². The normalized spacial score (nSPS) is 12.2. The number of carbonyl (C=O) groups is 1. The van der Waals surface area contributed by atoms with Crippen molar-refractivity contribution < 1.29 is 9.90 Å². The number of halogens is 1. The minimum absolute atomic E-state index is 0.105. The van der Waals surface area contributed by atoms with E-state index < -0.39 is 12.0 Å². The number of aliphatic hydroxyl groups excluding tert-OH is 1. The summed E-state index contributed by atoms with van der Waals surface area (Å²) in [7, 11) is 1.73. The fraction of sp³-hybridized carbons (Fsp3) is 0.364. The van der Waals surface area contributed by atoms with E-state index in [1.54, 1.807) is 37.1 Å². The van der Waals surface area contributed by atoms with Crippen LogP contribution in [0.2, 0.25) is 5.02 Å². The lowest BCUT2D eigenvalue weighted by molar-refractivity contribution is -0.116. The first kappa shape index (κ1) is 12.8. The van der Waals surface area contributed by atoms with Gasteiger partial charge in [-0.25, -0.2) is 0 Å². The minimum atomic E-state index is -0.562. The number of hydrogen-bond acceptors (Lipinski definition) is 3. The predicted octanol–water partition coefficient (Wildman–Crippen LogP) is 1.31. The summed E-state index contributed by atoms with van der Waals surface area (Å²) in [6.07, 6.45) is -0.562. The number of primary amides is 1. The molecule has 1 aromatic carbocycles. The van der Waals surface area contributed by atoms with Gasteiger partial charge in [0.1, 0.15) is 0 Å². The number of nitrogens with two attached hydrogens (primary N) is 1. The Balaban J connectivity index is 2.94. The Hall–Kier alpha value is -1.26. The third kappa shape index (κ3) is 3.12. The molecule has 1 aromatic rings. The number of aliphatic hydroxyl groups is 1. The maximum Gasteiger partial charge on any atom is 0.236 e. The van der Waals surface area contributed by atoms with Crippen LogP contribution in [0.15, 0.2) is 18.2 Å². The highest BCUT2D eigenvalue weighted by Crippen LogP contribution is 2.28. The van der Waals surface area contributed by atoms with Gasteiger partial charge in [-0.1, -0.05) is 17.7 Å². The Labute approximate surface area is 99.6 Å². The fourth-order valence-electron chi connectivity index (χ4n) is 1.41. The largest absolute Gasteiger partial charge is 0.389 e. The van der Waals surface area contributed by atoms with E-state index in [1.807, 2.05) is 0 Å². The molecular weight excluding hydrogens is 228 g/mol. The SMILES string of the molecule is C[C@@H](O)c1ccc(N(C)CC(N)=O)c(Cl)c1. The molecule has 3 N–H and O–H groups in total. The molecule has 0 radical (unpaired) electrons. The summed E-state index contributed by atoms with van der Waals surface area (Å²) in [4.78, 5) is 12.4. The summed E-state index contributed by atoms with van der Waals surface area (Å²) < 4.78 is 0. The third-order valence-corrected chi connectivity index (χ3v) is 2.56. The van der Waals surface area contributed by atoms with Crippen molar-refractivity contribution in [1.82, 2.24) is 0 Å². The van der Waals surface area contributed by atoms with Gasteiger partial charge in [-0.3, -0.25) is 4.79 Å². The molecule has 4 nitrogen and oxygen atoms in total. The Morgan fingerprint density at radius 2 is 2.25 bits per heavy atom. The Morgan fingerprint density at radius 3 is 2.69 bits per heavy atom. The van der Waals surface area contributed by atoms with Crippen LogP contribution in [0.5, 0.6) is 0 Å². The Kier molecular flexibility index (Phi) is 4.15. The van der Waals surface area contributed by atoms with Gasteiger partial charge in [-0.15, -0.1) is 0 Å². The predicted molar refractivity (Wildman–Crippen MR) is 64.6 cm³/mol. The van der Waals surface area contributed by atoms with Crippen LogP contribution < -0.4 is 10.6 Å². The van der Waals surface area contributed by atoms with Crippen LogP contribution >= 0.6 is 11.6 Å². The van der Waals surface area contributed by atoms with Gasteiger partial charge in [0.15, 0.2) is 0 Å². The van der Waals surface area contributed by atoms with Crippen molar-refractivity contribution in [1.29, 1.82) is 0 Å². The highest BCUT2D eigenvalue weighted by molar-refractivity contribution is 6.33. The van der Waals surface area contributed by atoms with E-state index in [0.29, 0.717) is 10.7 Å². The lowest BCUT2D eigenvalue weighted by atomic mass is 10.1. The quantitative estimate of drug-likeness (QED) is 0.837. The van der Waals surface area contributed by atoms with Crippen LogP contribution in [0.25, 0.3) is 0 Å². The van der Waals surface area contributed by atoms with Gasteiger partial charge in [-0.2, -0.15) is 0 Å². The van der Waals surface area contributed by atoms with E-state index in [-0.39, 0.29) is 6.54 Å². The number of hydrogen-bond donors (Lipinski definition) is 2. The number of nitrogens with zero attached hydrogens (tertiary/aromatic N) is 1. The van der Waals surface area contributed by atoms with E-state index in [4.69, 9.17) is 17.3 Å². The molecule has 0 saturated heterocycles. The van der Waals surface area contributed by atoms with Crippen molar-refractivity contribution in [3.05, 3.63) is 28.8 Å². The monoisotopic (exact) mass is 242 g/mol. The van der Waals surface area contributed by atoms with E-state index in [0.717, 1.165) is 5.56 Å². The van der Waals surface area contributed by atoms with Crippen LogP contribution in [0, 0.1) is 0 Å². The van der Waals surface area contributed by atoms with Crippen molar-refractivity contribution in [2.45, 2.75) is 13.0 Å². The summed E-state index contributed by atoms with van der Waals surface area (Å²) in [5, 5.41) is 9.86. The molecule has 1 atom stereocenters. The lowest BCUT2D eigenvalue weighted by Gasteiger charge is -2.19. The molecule has 1 amide bonds. The zero-order valence-electron chi connectivity index (χ0n) is 9.27. The molecule has 0 aliphatic carbocycles. The number of amides is 1. The molecule has 88 valence electrons. The van der Waals surface area contributed by atoms with E-state index in [1.165, 1.54) is 0 Å². The molecule has 0 spiro atoms. The molecule has 0 aliphatic heterocycles. The summed E-state index contributed by atoms with van der Waals surface area (Å²) in [5.74, 6) is -0.418. The first-order valence-electron chi connectivity index (χ1n) is 4.88. The maximum atomic E-state index is 10.8. The first-order valence-corrected chi connectivity index (χ1v) is 5.26. The maximum absolute atomic E-state index is 10.8. The number of carbonyl (C=O) groups excluding carboxylic acids is 1. The molecule has 0 bridgehead atoms. The number of benzene rings is 1. The van der Waals surface area contributed by atoms with Crippen molar-refractivity contribution >= 4 is 23.2 Å². The number of likely N-dealkylation sites (N-methyl/N-ethyl adjacent to an activating group) is 1. The smallest absolute Gasteiger partial charge is 0.236 e. The van der Waals surface area contributed by atoms with Gasteiger partial charge >= 0.3 is 0 Å². The Bertz CT molecular complexity index is 394. The van der Waals surface area contributed by atoms with Gasteiger partial charge in [0, 0.05) is 7.05 Å². The van der Waals surface area contributed by atoms with Crippen LogP contribution in [0.1, 0.15) is 18.6 Å². The van der Waals surface area contributed by atoms with Gasteiger partial charge in [0.2, 0.25) is 5.91 Å². The van der Waals surface area contributed by atoms with Crippen LogP contribution in [-0.4, -0.2) is 24.6 Å². The second kappa shape index (κ2) is 5.18. The zero-order valence-corrected chi connectivity index (χ0v) is 10.0. The highest BCUT2D eigenvalue weighted by Gasteiger charge is 2.10. The molecule has 5 heteroatoms. The molecular formula is C11H15ClN2O2. The lowest BCUT2D eigenvalue weighted by Crippen LogP contribution is -2.30. The van der Waals surface area contributed by atoms with E-state index >= 15 is 0 Å². The van der Waals surface area contributed by atoms with Crippen molar-refractivity contribution in [3.63, 3.8) is 0 Å². The average molecular weight is 243 g/mol. The van der Waals surface area contributed by atoms with E-state index in [9.17, 15) is 9.90 Å². The summed E-state index contributed by atoms with van der Waals surface area (Å²) in [5.41, 5.74) is 6.55. The van der Waals surface area contributed by atoms with Gasteiger partial charge in [-0.05, 0) is 24.6 Å². The third-order valence-electron chi connectivity index (χ3n) is 2.26. The topological polar surface area (TPSA) is 66.6 Å². The van der Waals surface area contributed by atoms with Gasteiger partial charge < -0.3 is 15.7 Å². The van der Waals surface area contributed by atoms with Crippen molar-refractivity contribution in [3.8, 4) is 0 Å². The number of anilines is 1. The minimum Gasteiger partial charge on any atom is -0.389 e. The molecule has 0 heterocycles. The summed E-state index contributed by atoms with van der Waals surface area (Å²) in [6.45, 7) is 1.77. The number of rotatable bonds is 4. The summed E-state index contributed by atoms with van der Waals surface area (Å²) in [6, 6.07) is 5.20. The average Bonchev–Trinajstić information content (AvgIpc) is 2.15. The fourth-order valence-corrected chi connectivity index (χ4v) is 1.74. The van der Waals surface area contributed by atoms with Crippen molar-refractivity contribution in [2.75, 3.05) is 18.5 Å². The summed E-state index contributed by atoms with van der Waals surface area (Å²) >= 11 is 6.05. The molecule has 16 heavy (non-hydrogen) atoms.